The molecule has 0 saturated carbocycles. The number of halogens is 3. The molecule has 1 N–H and O–H groups in total. The average Bonchev–Trinajstić information content (AvgIpc) is 3.11. The summed E-state index contributed by atoms with van der Waals surface area (Å²) < 4.78 is 39.1. The zero-order chi connectivity index (χ0) is 21.9. The lowest BCUT2D eigenvalue weighted by atomic mass is 9.98. The van der Waals surface area contributed by atoms with E-state index < -0.39 is 12.6 Å². The van der Waals surface area contributed by atoms with Gasteiger partial charge in [-0.2, -0.15) is 13.2 Å². The Balaban J connectivity index is 2.00. The monoisotopic (exact) mass is 414 g/mol. The van der Waals surface area contributed by atoms with Gasteiger partial charge in [-0.25, -0.2) is 9.97 Å². The summed E-state index contributed by atoms with van der Waals surface area (Å²) >= 11 is 0. The second kappa shape index (κ2) is 8.57. The van der Waals surface area contributed by atoms with Gasteiger partial charge < -0.3 is 5.32 Å². The van der Waals surface area contributed by atoms with E-state index in [9.17, 15) is 18.0 Å². The number of fused-ring (bicyclic) bond motifs is 1. The highest BCUT2D eigenvalue weighted by atomic mass is 19.4. The van der Waals surface area contributed by atoms with Gasteiger partial charge in [0.25, 0.3) is 0 Å². The molecule has 30 heavy (non-hydrogen) atoms. The van der Waals surface area contributed by atoms with Crippen LogP contribution in [0.25, 0.3) is 16.9 Å². The Morgan fingerprint density at radius 2 is 2.10 bits per heavy atom. The summed E-state index contributed by atoms with van der Waals surface area (Å²) in [6.45, 7) is 3.49. The van der Waals surface area contributed by atoms with Crippen molar-refractivity contribution < 1.29 is 18.0 Å². The topological polar surface area (TPSA) is 59.3 Å². The molecule has 0 aliphatic rings. The number of nitrogens with one attached hydrogen (secondary N) is 1. The summed E-state index contributed by atoms with van der Waals surface area (Å²) in [5, 5.41) is 2.68. The van der Waals surface area contributed by atoms with E-state index in [1.54, 1.807) is 22.9 Å². The van der Waals surface area contributed by atoms with Gasteiger partial charge in [0.1, 0.15) is 5.69 Å². The first-order valence-electron chi connectivity index (χ1n) is 9.53. The molecule has 0 aliphatic carbocycles. The number of aryl methyl sites for hydroxylation is 1. The molecular weight excluding hydrogens is 393 g/mol. The van der Waals surface area contributed by atoms with Gasteiger partial charge in [-0.05, 0) is 30.9 Å². The maximum absolute atomic E-state index is 12.5. The standard InChI is InChI=1S/C22H21F3N4O/c1-4-6-19(30)17-8-7-15(11-14(17)3)18-12-27-21-20(26-10-9-22(23,24)25)28-16(5-2)13-29(18)21/h2,7-8,11-13H,4,6,9-10H2,1,3H3,(H,26,28). The van der Waals surface area contributed by atoms with Crippen molar-refractivity contribution in [3.8, 4) is 23.6 Å². The molecule has 0 amide bonds. The number of ketones is 1. The van der Waals surface area contributed by atoms with Crippen LogP contribution >= 0.6 is 0 Å². The van der Waals surface area contributed by atoms with E-state index in [2.05, 4.69) is 21.2 Å². The fourth-order valence-electron chi connectivity index (χ4n) is 3.21. The molecule has 0 spiro atoms. The molecule has 0 fully saturated rings. The predicted molar refractivity (Wildman–Crippen MR) is 109 cm³/mol. The van der Waals surface area contributed by atoms with E-state index in [0.29, 0.717) is 23.3 Å². The maximum Gasteiger partial charge on any atom is 0.390 e. The van der Waals surface area contributed by atoms with Crippen molar-refractivity contribution in [2.24, 2.45) is 0 Å². The lowest BCUT2D eigenvalue weighted by Crippen LogP contribution is -2.16. The van der Waals surface area contributed by atoms with Crippen molar-refractivity contribution in [1.82, 2.24) is 14.4 Å². The summed E-state index contributed by atoms with van der Waals surface area (Å²) in [5.41, 5.74) is 3.66. The predicted octanol–water partition coefficient (Wildman–Crippen LogP) is 5.03. The van der Waals surface area contributed by atoms with E-state index >= 15 is 0 Å². The number of benzene rings is 1. The molecule has 0 bridgehead atoms. The molecule has 2 aromatic heterocycles. The second-order valence-electron chi connectivity index (χ2n) is 6.95. The minimum atomic E-state index is -4.28. The van der Waals surface area contributed by atoms with Crippen LogP contribution in [0.2, 0.25) is 0 Å². The molecule has 2 heterocycles. The highest BCUT2D eigenvalue weighted by Gasteiger charge is 2.26. The number of hydrogen-bond acceptors (Lipinski definition) is 4. The Morgan fingerprint density at radius 1 is 1.33 bits per heavy atom. The Morgan fingerprint density at radius 3 is 2.73 bits per heavy atom. The van der Waals surface area contributed by atoms with Crippen molar-refractivity contribution in [3.63, 3.8) is 0 Å². The molecule has 156 valence electrons. The van der Waals surface area contributed by atoms with Crippen LogP contribution in [-0.4, -0.2) is 32.9 Å². The Labute approximate surface area is 172 Å². The van der Waals surface area contributed by atoms with Crippen molar-refractivity contribution in [1.29, 1.82) is 0 Å². The van der Waals surface area contributed by atoms with E-state index in [0.717, 1.165) is 17.5 Å². The molecule has 0 saturated heterocycles. The smallest absolute Gasteiger partial charge is 0.367 e. The van der Waals surface area contributed by atoms with Gasteiger partial charge in [0.2, 0.25) is 0 Å². The molecule has 0 unspecified atom stereocenters. The van der Waals surface area contributed by atoms with Crippen LogP contribution in [0.1, 0.15) is 47.8 Å². The fourth-order valence-corrected chi connectivity index (χ4v) is 3.21. The number of rotatable bonds is 7. The largest absolute Gasteiger partial charge is 0.390 e. The number of carbonyl (C=O) groups is 1. The van der Waals surface area contributed by atoms with E-state index in [-0.39, 0.29) is 23.8 Å². The van der Waals surface area contributed by atoms with E-state index in [1.807, 2.05) is 26.0 Å². The third kappa shape index (κ3) is 4.62. The van der Waals surface area contributed by atoms with Crippen LogP contribution in [0, 0.1) is 19.3 Å². The summed E-state index contributed by atoms with van der Waals surface area (Å²) in [6.07, 6.45) is 4.68. The third-order valence-electron chi connectivity index (χ3n) is 4.64. The molecule has 5 nitrogen and oxygen atoms in total. The molecule has 1 aromatic carbocycles. The number of alkyl halides is 3. The summed E-state index contributed by atoms with van der Waals surface area (Å²) in [7, 11) is 0. The van der Waals surface area contributed by atoms with Gasteiger partial charge in [-0.1, -0.05) is 19.1 Å². The van der Waals surface area contributed by atoms with Gasteiger partial charge in [-0.3, -0.25) is 9.20 Å². The lowest BCUT2D eigenvalue weighted by Gasteiger charge is -2.11. The van der Waals surface area contributed by atoms with E-state index in [1.165, 1.54) is 0 Å². The molecular formula is C22H21F3N4O. The molecule has 0 atom stereocenters. The van der Waals surface area contributed by atoms with Gasteiger partial charge in [0.15, 0.2) is 17.2 Å². The van der Waals surface area contributed by atoms with Crippen LogP contribution < -0.4 is 5.32 Å². The Hall–Kier alpha value is -3.34. The number of carbonyl (C=O) groups excluding carboxylic acids is 1. The van der Waals surface area contributed by atoms with Crippen LogP contribution in [0.5, 0.6) is 0 Å². The number of hydrogen-bond donors (Lipinski definition) is 1. The number of imidazole rings is 1. The summed E-state index contributed by atoms with van der Waals surface area (Å²) in [5.74, 6) is 2.70. The van der Waals surface area contributed by atoms with Gasteiger partial charge in [0, 0.05) is 30.3 Å². The number of Topliss-reactive ketones (excluding diaryl/α,β-unsaturated/α-hetero) is 1. The first-order chi connectivity index (χ1) is 14.2. The summed E-state index contributed by atoms with van der Waals surface area (Å²) in [6, 6.07) is 5.50. The number of nitrogens with zero attached hydrogens (tertiary/aromatic N) is 3. The highest BCUT2D eigenvalue weighted by Crippen LogP contribution is 2.27. The quantitative estimate of drug-likeness (QED) is 0.435. The molecule has 0 aliphatic heterocycles. The van der Waals surface area contributed by atoms with Crippen LogP contribution in [0.15, 0.2) is 30.6 Å². The second-order valence-corrected chi connectivity index (χ2v) is 6.95. The minimum Gasteiger partial charge on any atom is -0.367 e. The van der Waals surface area contributed by atoms with Gasteiger partial charge in [-0.15, -0.1) is 6.42 Å². The van der Waals surface area contributed by atoms with Gasteiger partial charge in [0.05, 0.1) is 18.3 Å². The third-order valence-corrected chi connectivity index (χ3v) is 4.64. The molecule has 0 radical (unpaired) electrons. The number of terminal acetylenes is 1. The van der Waals surface area contributed by atoms with Crippen LogP contribution in [0.4, 0.5) is 19.0 Å². The van der Waals surface area contributed by atoms with E-state index in [4.69, 9.17) is 6.42 Å². The molecule has 8 heteroatoms. The molecule has 3 aromatic rings. The van der Waals surface area contributed by atoms with Gasteiger partial charge >= 0.3 is 6.18 Å². The SMILES string of the molecule is C#Cc1cn2c(-c3ccc(C(=O)CCC)c(C)c3)cnc2c(NCCC(F)(F)F)n1. The maximum atomic E-state index is 12.5. The molecule has 3 rings (SSSR count). The average molecular weight is 414 g/mol. The zero-order valence-corrected chi connectivity index (χ0v) is 16.7. The van der Waals surface area contributed by atoms with Crippen molar-refractivity contribution in [2.45, 2.75) is 39.3 Å². The zero-order valence-electron chi connectivity index (χ0n) is 16.7. The van der Waals surface area contributed by atoms with Crippen molar-refractivity contribution >= 4 is 17.2 Å². The first kappa shape index (κ1) is 21.4. The van der Waals surface area contributed by atoms with Crippen LogP contribution in [0.3, 0.4) is 0 Å². The number of aromatic nitrogens is 3. The van der Waals surface area contributed by atoms with Crippen molar-refractivity contribution in [2.75, 3.05) is 11.9 Å². The Bertz CT molecular complexity index is 1130. The normalized spacial score (nSPS) is 11.5. The van der Waals surface area contributed by atoms with Crippen LogP contribution in [-0.2, 0) is 0 Å². The fraction of sp³-hybridized carbons (Fsp3) is 0.318. The first-order valence-corrected chi connectivity index (χ1v) is 9.53. The van der Waals surface area contributed by atoms with Crippen molar-refractivity contribution in [3.05, 3.63) is 47.4 Å². The summed E-state index contributed by atoms with van der Waals surface area (Å²) in [4.78, 5) is 20.7. The minimum absolute atomic E-state index is 0.0923. The number of anilines is 1. The Kier molecular flexibility index (Phi) is 6.11. The highest BCUT2D eigenvalue weighted by molar-refractivity contribution is 5.97. The lowest BCUT2D eigenvalue weighted by molar-refractivity contribution is -0.131.